The lowest BCUT2D eigenvalue weighted by molar-refractivity contribution is -0.694. The number of aromatic nitrogens is 1. The van der Waals surface area contributed by atoms with Crippen molar-refractivity contribution in [2.45, 2.75) is 12.3 Å². The molecule has 1 aromatic heterocycles. The van der Waals surface area contributed by atoms with E-state index in [2.05, 4.69) is 59.8 Å². The molecule has 0 aliphatic heterocycles. The van der Waals surface area contributed by atoms with E-state index in [0.717, 1.165) is 12.3 Å². The molecule has 60 heavy (non-hydrogen) atoms. The summed E-state index contributed by atoms with van der Waals surface area (Å²) in [6.45, 7) is 0.914. The van der Waals surface area contributed by atoms with E-state index >= 15 is 35.1 Å². The van der Waals surface area contributed by atoms with Gasteiger partial charge in [0.25, 0.3) is 0 Å². The summed E-state index contributed by atoms with van der Waals surface area (Å²) in [4.78, 5) is 0. The van der Waals surface area contributed by atoms with E-state index in [1.54, 1.807) is 0 Å². The predicted molar refractivity (Wildman–Crippen MR) is 174 cm³/mol. The lowest BCUT2D eigenvalue weighted by atomic mass is 9.12. The van der Waals surface area contributed by atoms with E-state index in [-0.39, 0.29) is 0 Å². The number of pyridine rings is 1. The average molecular weight is 895 g/mol. The quantitative estimate of drug-likeness (QED) is 0.0411. The van der Waals surface area contributed by atoms with Gasteiger partial charge in [-0.05, 0) is 0 Å². The summed E-state index contributed by atoms with van der Waals surface area (Å²) in [5.41, 5.74) is -11.8. The van der Waals surface area contributed by atoms with Gasteiger partial charge in [0.05, 0.1) is 5.75 Å². The first-order valence-electron chi connectivity index (χ1n) is 16.0. The molecule has 0 aliphatic carbocycles. The number of halogens is 20. The van der Waals surface area contributed by atoms with Gasteiger partial charge in [-0.15, -0.1) is 21.9 Å². The van der Waals surface area contributed by atoms with Crippen LogP contribution in [0.25, 0.3) is 0 Å². The van der Waals surface area contributed by atoms with Crippen molar-refractivity contribution in [1.29, 1.82) is 0 Å². The largest absolute Gasteiger partial charge is 0.207 e. The molecular formula is C37H14BF20NS. The van der Waals surface area contributed by atoms with E-state index in [9.17, 15) is 52.7 Å². The average Bonchev–Trinajstić information content (AvgIpc) is 3.24. The minimum absolute atomic E-state index is 0.772. The highest BCUT2D eigenvalue weighted by Crippen LogP contribution is 2.30. The van der Waals surface area contributed by atoms with Crippen molar-refractivity contribution < 1.29 is 92.4 Å². The Balaban J connectivity index is 0.000000379. The van der Waals surface area contributed by atoms with Gasteiger partial charge in [-0.1, -0.05) is 36.4 Å². The second-order valence-corrected chi connectivity index (χ2v) is 12.6. The van der Waals surface area contributed by atoms with Gasteiger partial charge in [0.2, 0.25) is 0 Å². The maximum absolute atomic E-state index is 15.4. The van der Waals surface area contributed by atoms with Gasteiger partial charge in [-0.25, -0.2) is 87.8 Å². The molecule has 1 nitrogen and oxygen atoms in total. The van der Waals surface area contributed by atoms with E-state index in [4.69, 9.17) is 0 Å². The Morgan fingerprint density at radius 3 is 0.850 bits per heavy atom. The first kappa shape index (κ1) is 45.4. The fourth-order valence-electron chi connectivity index (χ4n) is 6.46. The van der Waals surface area contributed by atoms with E-state index in [0.29, 0.717) is 0 Å². The van der Waals surface area contributed by atoms with Crippen LogP contribution in [-0.2, 0) is 12.3 Å². The molecule has 5 aromatic carbocycles. The minimum Gasteiger partial charge on any atom is -0.207 e. The Bertz CT molecular complexity index is 2300. The SMILES string of the molecule is Fc1c(F)c(F)c([B-](c2c(F)c(F)c(F)c(F)c2F)(c2c(F)c(F)c(F)c(F)c2F)c2c(F)c(F)c(F)c(F)c2F)c(F)c1F.SCc1cccc[n+]1Cc1ccccc1. The summed E-state index contributed by atoms with van der Waals surface area (Å²) in [5.74, 6) is -70.6. The van der Waals surface area contributed by atoms with Gasteiger partial charge >= 0.3 is 0 Å². The third-order valence-corrected chi connectivity index (χ3v) is 9.42. The molecule has 0 aliphatic rings. The topological polar surface area (TPSA) is 3.88 Å². The highest BCUT2D eigenvalue weighted by molar-refractivity contribution is 7.79. The summed E-state index contributed by atoms with van der Waals surface area (Å²) >= 11 is 4.33. The molecule has 0 saturated heterocycles. The van der Waals surface area contributed by atoms with Crippen LogP contribution in [0.1, 0.15) is 11.3 Å². The first-order chi connectivity index (χ1) is 28.1. The maximum Gasteiger partial charge on any atom is 0.200 e. The smallest absolute Gasteiger partial charge is 0.200 e. The standard InChI is InChI=1S/C24BF20.C13H13NS/c26-5-1(6(27)14(35)21(42)13(5)34)25(2-7(28)15(36)22(43)16(37)8(2)29,3-9(30)17(38)23(44)18(39)10(3)31)4-11(32)19(40)24(45)20(41)12(4)33;15-11-13-8-4-5-9-14(13)10-12-6-2-1-3-7-12/h;1-9H,10-11H2/q-1;/p+1. The molecule has 0 fully saturated rings. The van der Waals surface area contributed by atoms with Crippen LogP contribution in [0.4, 0.5) is 87.8 Å². The van der Waals surface area contributed by atoms with Gasteiger partial charge in [-0.2, -0.15) is 17.2 Å². The van der Waals surface area contributed by atoms with Crippen molar-refractivity contribution in [3.05, 3.63) is 182 Å². The maximum atomic E-state index is 15.4. The van der Waals surface area contributed by atoms with Crippen molar-refractivity contribution in [3.63, 3.8) is 0 Å². The lowest BCUT2D eigenvalue weighted by Crippen LogP contribution is -2.81. The van der Waals surface area contributed by atoms with Crippen LogP contribution in [0.3, 0.4) is 0 Å². The van der Waals surface area contributed by atoms with E-state index in [1.165, 1.54) is 11.3 Å². The van der Waals surface area contributed by atoms with Crippen molar-refractivity contribution in [1.82, 2.24) is 0 Å². The lowest BCUT2D eigenvalue weighted by Gasteiger charge is -2.44. The predicted octanol–water partition coefficient (Wildman–Crippen LogP) is 8.30. The summed E-state index contributed by atoms with van der Waals surface area (Å²) in [7, 11) is 0. The van der Waals surface area contributed by atoms with E-state index in [1.807, 2.05) is 12.1 Å². The Morgan fingerprint density at radius 2 is 0.583 bits per heavy atom. The summed E-state index contributed by atoms with van der Waals surface area (Å²) < 4.78 is 296. The molecule has 23 heteroatoms. The fraction of sp³-hybridized carbons (Fsp3) is 0.0541. The number of rotatable bonds is 7. The molecule has 0 radical (unpaired) electrons. The summed E-state index contributed by atoms with van der Waals surface area (Å²) in [6, 6.07) is 16.7. The Morgan fingerprint density at radius 1 is 0.333 bits per heavy atom. The van der Waals surface area contributed by atoms with Crippen LogP contribution in [-0.4, -0.2) is 6.15 Å². The van der Waals surface area contributed by atoms with Gasteiger partial charge in [-0.3, -0.25) is 0 Å². The highest BCUT2D eigenvalue weighted by Gasteiger charge is 2.52. The van der Waals surface area contributed by atoms with Gasteiger partial charge < -0.3 is 0 Å². The number of thiol groups is 1. The molecule has 1 heterocycles. The molecule has 316 valence electrons. The zero-order valence-electron chi connectivity index (χ0n) is 28.6. The number of hydrogen-bond donors (Lipinski definition) is 1. The molecule has 0 amide bonds. The summed E-state index contributed by atoms with van der Waals surface area (Å²) in [5, 5.41) is 0. The molecular weight excluding hydrogens is 881 g/mol. The van der Waals surface area contributed by atoms with Gasteiger partial charge in [0, 0.05) is 17.7 Å². The second-order valence-electron chi connectivity index (χ2n) is 12.3. The van der Waals surface area contributed by atoms with Crippen molar-refractivity contribution >= 4 is 40.6 Å². The van der Waals surface area contributed by atoms with Crippen LogP contribution in [0.2, 0.25) is 0 Å². The third-order valence-electron chi connectivity index (χ3n) is 9.10. The number of benzene rings is 5. The third kappa shape index (κ3) is 7.08. The van der Waals surface area contributed by atoms with Crippen LogP contribution < -0.4 is 26.4 Å². The molecule has 0 bridgehead atoms. The Kier molecular flexibility index (Phi) is 12.9. The molecule has 0 spiro atoms. The van der Waals surface area contributed by atoms with Crippen LogP contribution in [0.15, 0.2) is 54.7 Å². The highest BCUT2D eigenvalue weighted by atomic mass is 32.1. The van der Waals surface area contributed by atoms with Crippen molar-refractivity contribution in [2.24, 2.45) is 0 Å². The Hall–Kier alpha value is -5.74. The Labute approximate surface area is 327 Å². The van der Waals surface area contributed by atoms with Gasteiger partial charge in [0.15, 0.2) is 88.2 Å². The zero-order valence-corrected chi connectivity index (χ0v) is 29.5. The second kappa shape index (κ2) is 17.1. The summed E-state index contributed by atoms with van der Waals surface area (Å²) in [6.07, 6.45) is -5.12. The molecule has 0 atom stereocenters. The van der Waals surface area contributed by atoms with Crippen molar-refractivity contribution in [3.8, 4) is 0 Å². The van der Waals surface area contributed by atoms with Crippen LogP contribution in [0.5, 0.6) is 0 Å². The van der Waals surface area contributed by atoms with E-state index < -0.39 is 144 Å². The normalized spacial score (nSPS) is 11.6. The molecule has 6 aromatic rings. The van der Waals surface area contributed by atoms with Crippen molar-refractivity contribution in [2.75, 3.05) is 0 Å². The van der Waals surface area contributed by atoms with Gasteiger partial charge in [0.1, 0.15) is 52.7 Å². The zero-order chi connectivity index (χ0) is 44.9. The van der Waals surface area contributed by atoms with Crippen LogP contribution in [0, 0.1) is 116 Å². The number of nitrogens with zero attached hydrogens (tertiary/aromatic N) is 1. The first-order valence-corrected chi connectivity index (χ1v) is 16.6. The number of hydrogen-bond acceptors (Lipinski definition) is 1. The fourth-order valence-corrected chi connectivity index (χ4v) is 6.75. The monoisotopic (exact) mass is 895 g/mol. The molecule has 0 unspecified atom stereocenters. The molecule has 0 N–H and O–H groups in total. The molecule has 0 saturated carbocycles. The minimum atomic E-state index is -7.22. The van der Waals surface area contributed by atoms with Crippen LogP contribution >= 0.6 is 12.6 Å². The molecule has 6 rings (SSSR count).